The highest BCUT2D eigenvalue weighted by molar-refractivity contribution is 7.92. The van der Waals surface area contributed by atoms with Gasteiger partial charge in [0.1, 0.15) is 11.6 Å². The highest BCUT2D eigenvalue weighted by Crippen LogP contribution is 2.30. The molecular weight excluding hydrogens is 417 g/mol. The van der Waals surface area contributed by atoms with Crippen LogP contribution in [0.1, 0.15) is 24.1 Å². The van der Waals surface area contributed by atoms with Crippen LogP contribution in [0.25, 0.3) is 11.3 Å². The van der Waals surface area contributed by atoms with E-state index in [1.807, 2.05) is 23.8 Å². The topological polar surface area (TPSA) is 73.2 Å². The maximum absolute atomic E-state index is 13.3. The highest BCUT2D eigenvalue weighted by atomic mass is 32.2. The summed E-state index contributed by atoms with van der Waals surface area (Å²) in [6.45, 7) is 1.88. The minimum absolute atomic E-state index is 0.134. The van der Waals surface area contributed by atoms with Crippen molar-refractivity contribution in [3.8, 4) is 11.4 Å². The molecular formula is C23H22FN3O3S. The number of hydrogen-bond acceptors (Lipinski definition) is 4. The monoisotopic (exact) mass is 439 g/mol. The van der Waals surface area contributed by atoms with Crippen molar-refractivity contribution in [2.45, 2.75) is 24.7 Å². The van der Waals surface area contributed by atoms with Crippen LogP contribution in [-0.4, -0.2) is 25.1 Å². The van der Waals surface area contributed by atoms with Crippen LogP contribution in [0.15, 0.2) is 77.9 Å². The molecule has 160 valence electrons. The fourth-order valence-corrected chi connectivity index (χ4v) is 4.53. The zero-order chi connectivity index (χ0) is 22.0. The van der Waals surface area contributed by atoms with Crippen molar-refractivity contribution in [2.24, 2.45) is 0 Å². The number of nitrogens with one attached hydrogen (secondary N) is 1. The van der Waals surface area contributed by atoms with E-state index in [1.165, 1.54) is 19.3 Å². The van der Waals surface area contributed by atoms with Gasteiger partial charge in [0.05, 0.1) is 35.4 Å². The van der Waals surface area contributed by atoms with Gasteiger partial charge in [-0.25, -0.2) is 17.8 Å². The van der Waals surface area contributed by atoms with Crippen LogP contribution in [0.3, 0.4) is 0 Å². The molecule has 0 saturated carbocycles. The third-order valence-electron chi connectivity index (χ3n) is 5.04. The van der Waals surface area contributed by atoms with Gasteiger partial charge in [0, 0.05) is 18.7 Å². The first-order valence-electron chi connectivity index (χ1n) is 9.73. The first kappa shape index (κ1) is 20.9. The predicted octanol–water partition coefficient (Wildman–Crippen LogP) is 5.02. The Labute approximate surface area is 180 Å². The zero-order valence-electron chi connectivity index (χ0n) is 17.2. The molecule has 0 atom stereocenters. The normalized spacial score (nSPS) is 14.0. The standard InChI is InChI=1S/C23H22FN3O3S/c1-16-14-27(15-25-16)22-11-10-20(13-23(22)30-2)26-31(28,29)21-5-3-4-18(12-21)17-6-8-19(24)9-7-17/h3-6,8,10-15,26H,7,9H2,1-2H3. The van der Waals surface area contributed by atoms with Crippen LogP contribution < -0.4 is 9.46 Å². The second-order valence-corrected chi connectivity index (χ2v) is 8.93. The maximum Gasteiger partial charge on any atom is 0.261 e. The number of imidazole rings is 1. The average molecular weight is 440 g/mol. The Kier molecular flexibility index (Phi) is 5.65. The third kappa shape index (κ3) is 4.54. The molecule has 0 spiro atoms. The number of nitrogens with zero attached hydrogens (tertiary/aromatic N) is 2. The number of ether oxygens (including phenoxy) is 1. The minimum atomic E-state index is -3.83. The van der Waals surface area contributed by atoms with Crippen molar-refractivity contribution < 1.29 is 17.5 Å². The van der Waals surface area contributed by atoms with Crippen LogP contribution in [0.2, 0.25) is 0 Å². The van der Waals surface area contributed by atoms with E-state index in [4.69, 9.17) is 4.74 Å². The minimum Gasteiger partial charge on any atom is -0.494 e. The molecule has 2 aromatic carbocycles. The maximum atomic E-state index is 13.3. The van der Waals surface area contributed by atoms with E-state index in [2.05, 4.69) is 9.71 Å². The van der Waals surface area contributed by atoms with Gasteiger partial charge in [0.2, 0.25) is 0 Å². The van der Waals surface area contributed by atoms with Gasteiger partial charge >= 0.3 is 0 Å². The number of anilines is 1. The Morgan fingerprint density at radius 1 is 1.13 bits per heavy atom. The summed E-state index contributed by atoms with van der Waals surface area (Å²) in [7, 11) is -2.30. The summed E-state index contributed by atoms with van der Waals surface area (Å²) in [5.74, 6) is 0.338. The van der Waals surface area contributed by atoms with E-state index in [0.717, 1.165) is 22.5 Å². The van der Waals surface area contributed by atoms with Crippen LogP contribution in [0.5, 0.6) is 5.75 Å². The Bertz CT molecular complexity index is 1290. The quantitative estimate of drug-likeness (QED) is 0.585. The SMILES string of the molecule is COc1cc(NS(=O)(=O)c2cccc(C3=CC=C(F)CC3)c2)ccc1-n1cnc(C)c1. The molecule has 1 aromatic heterocycles. The van der Waals surface area contributed by atoms with Crippen molar-refractivity contribution in [1.82, 2.24) is 9.55 Å². The predicted molar refractivity (Wildman–Crippen MR) is 119 cm³/mol. The molecule has 0 saturated heterocycles. The molecule has 8 heteroatoms. The molecule has 3 aromatic rings. The Balaban J connectivity index is 1.61. The number of benzene rings is 2. The molecule has 4 rings (SSSR count). The van der Waals surface area contributed by atoms with Crippen LogP contribution in [-0.2, 0) is 10.0 Å². The Morgan fingerprint density at radius 2 is 1.97 bits per heavy atom. The van der Waals surface area contributed by atoms with Gasteiger partial charge in [-0.2, -0.15) is 0 Å². The summed E-state index contributed by atoms with van der Waals surface area (Å²) in [5.41, 5.74) is 3.65. The van der Waals surface area contributed by atoms with Crippen LogP contribution >= 0.6 is 0 Å². The van der Waals surface area contributed by atoms with E-state index in [0.29, 0.717) is 24.3 Å². The van der Waals surface area contributed by atoms with E-state index in [1.54, 1.807) is 42.7 Å². The summed E-state index contributed by atoms with van der Waals surface area (Å²) < 4.78 is 49.1. The number of allylic oxidation sites excluding steroid dienone is 4. The molecule has 0 radical (unpaired) electrons. The van der Waals surface area contributed by atoms with Crippen molar-refractivity contribution in [1.29, 1.82) is 0 Å². The second kappa shape index (κ2) is 8.39. The number of halogens is 1. The van der Waals surface area contributed by atoms with Crippen LogP contribution in [0.4, 0.5) is 10.1 Å². The molecule has 0 unspecified atom stereocenters. The first-order chi connectivity index (χ1) is 14.9. The summed E-state index contributed by atoms with van der Waals surface area (Å²) in [6, 6.07) is 11.7. The lowest BCUT2D eigenvalue weighted by Crippen LogP contribution is -2.13. The molecule has 31 heavy (non-hydrogen) atoms. The largest absolute Gasteiger partial charge is 0.494 e. The van der Waals surface area contributed by atoms with E-state index >= 15 is 0 Å². The van der Waals surface area contributed by atoms with Crippen molar-refractivity contribution in [2.75, 3.05) is 11.8 Å². The summed E-state index contributed by atoms with van der Waals surface area (Å²) in [6.07, 6.45) is 7.50. The highest BCUT2D eigenvalue weighted by Gasteiger charge is 2.18. The molecule has 1 heterocycles. The molecule has 0 bridgehead atoms. The molecule has 0 aliphatic heterocycles. The van der Waals surface area contributed by atoms with Gasteiger partial charge in [-0.1, -0.05) is 18.2 Å². The second-order valence-electron chi connectivity index (χ2n) is 7.25. The number of rotatable bonds is 6. The van der Waals surface area contributed by atoms with Gasteiger partial charge in [-0.3, -0.25) is 4.72 Å². The summed E-state index contributed by atoms with van der Waals surface area (Å²) in [5, 5.41) is 0. The molecule has 6 nitrogen and oxygen atoms in total. The first-order valence-corrected chi connectivity index (χ1v) is 11.2. The lowest BCUT2D eigenvalue weighted by atomic mass is 9.97. The van der Waals surface area contributed by atoms with Gasteiger partial charge in [0.15, 0.2) is 0 Å². The lowest BCUT2D eigenvalue weighted by Gasteiger charge is -2.14. The number of sulfonamides is 1. The van der Waals surface area contributed by atoms with E-state index in [9.17, 15) is 12.8 Å². The molecule has 1 aliphatic carbocycles. The van der Waals surface area contributed by atoms with Gasteiger partial charge < -0.3 is 9.30 Å². The number of aryl methyl sites for hydroxylation is 1. The van der Waals surface area contributed by atoms with Crippen LogP contribution in [0, 0.1) is 6.92 Å². The van der Waals surface area contributed by atoms with Crippen molar-refractivity contribution in [3.05, 3.63) is 84.2 Å². The number of aromatic nitrogens is 2. The van der Waals surface area contributed by atoms with Gasteiger partial charge in [-0.15, -0.1) is 0 Å². The number of methoxy groups -OCH3 is 1. The summed E-state index contributed by atoms with van der Waals surface area (Å²) >= 11 is 0. The fraction of sp³-hybridized carbons (Fsp3) is 0.174. The number of hydrogen-bond donors (Lipinski definition) is 1. The van der Waals surface area contributed by atoms with Crippen molar-refractivity contribution >= 4 is 21.3 Å². The molecule has 0 amide bonds. The molecule has 1 N–H and O–H groups in total. The smallest absolute Gasteiger partial charge is 0.261 e. The fourth-order valence-electron chi connectivity index (χ4n) is 3.44. The summed E-state index contributed by atoms with van der Waals surface area (Å²) in [4.78, 5) is 4.34. The third-order valence-corrected chi connectivity index (χ3v) is 6.41. The van der Waals surface area contributed by atoms with Crippen molar-refractivity contribution in [3.63, 3.8) is 0 Å². The van der Waals surface area contributed by atoms with Gasteiger partial charge in [0.25, 0.3) is 10.0 Å². The van der Waals surface area contributed by atoms with E-state index in [-0.39, 0.29) is 10.7 Å². The zero-order valence-corrected chi connectivity index (χ0v) is 18.0. The van der Waals surface area contributed by atoms with Gasteiger partial charge in [-0.05, 0) is 54.8 Å². The molecule has 1 aliphatic rings. The Morgan fingerprint density at radius 3 is 2.65 bits per heavy atom. The lowest BCUT2D eigenvalue weighted by molar-refractivity contribution is 0.413. The average Bonchev–Trinajstić information content (AvgIpc) is 3.20. The van der Waals surface area contributed by atoms with E-state index < -0.39 is 10.0 Å². The Hall–Kier alpha value is -3.39. The molecule has 0 fully saturated rings.